The summed E-state index contributed by atoms with van der Waals surface area (Å²) >= 11 is 0. The van der Waals surface area contributed by atoms with Crippen molar-refractivity contribution < 1.29 is 18.9 Å². The van der Waals surface area contributed by atoms with E-state index >= 15 is 0 Å². The molecule has 0 aromatic heterocycles. The number of hydrogen-bond acceptors (Lipinski definition) is 4. The van der Waals surface area contributed by atoms with Crippen LogP contribution in [0.5, 0.6) is 0 Å². The van der Waals surface area contributed by atoms with Gasteiger partial charge in [0.15, 0.2) is 0 Å². The topological polar surface area (TPSA) is 52.6 Å². The first-order valence-corrected chi connectivity index (χ1v) is 2.34. The fourth-order valence-corrected chi connectivity index (χ4v) is 0.262. The van der Waals surface area contributed by atoms with Gasteiger partial charge in [0, 0.05) is 0 Å². The molecule has 9 heavy (non-hydrogen) atoms. The molecule has 6 heteroatoms. The standard InChI is InChI=1S/C3H6B2O4/c4-8-2(6)1-3(7)9-5/h1,4-5H2. The summed E-state index contributed by atoms with van der Waals surface area (Å²) in [5, 5.41) is 0. The van der Waals surface area contributed by atoms with Crippen LogP contribution in [0, 0.1) is 0 Å². The summed E-state index contributed by atoms with van der Waals surface area (Å²) in [5.74, 6) is -1.16. The molecule has 0 atom stereocenters. The second-order valence-corrected chi connectivity index (χ2v) is 1.33. The third-order valence-corrected chi connectivity index (χ3v) is 0.744. The van der Waals surface area contributed by atoms with Crippen LogP contribution in [0.1, 0.15) is 6.42 Å². The summed E-state index contributed by atoms with van der Waals surface area (Å²) in [6.07, 6.45) is -0.312. The van der Waals surface area contributed by atoms with Crippen molar-refractivity contribution in [2.75, 3.05) is 0 Å². The Morgan fingerprint density at radius 3 is 1.67 bits per heavy atom. The molecule has 0 amide bonds. The van der Waals surface area contributed by atoms with E-state index in [1.807, 2.05) is 0 Å². The van der Waals surface area contributed by atoms with Gasteiger partial charge in [0.2, 0.25) is 0 Å². The van der Waals surface area contributed by atoms with Crippen molar-refractivity contribution in [3.63, 3.8) is 0 Å². The molecule has 0 spiro atoms. The summed E-state index contributed by atoms with van der Waals surface area (Å²) in [5.41, 5.74) is 0. The third kappa shape index (κ3) is 3.64. The molecule has 0 heterocycles. The molecule has 0 bridgehead atoms. The highest BCUT2D eigenvalue weighted by Crippen LogP contribution is 1.84. The van der Waals surface area contributed by atoms with Gasteiger partial charge in [-0.1, -0.05) is 0 Å². The number of rotatable bonds is 2. The van der Waals surface area contributed by atoms with E-state index in [1.54, 1.807) is 0 Å². The van der Waals surface area contributed by atoms with Crippen LogP contribution in [-0.2, 0) is 18.9 Å². The maximum atomic E-state index is 10.3. The quantitative estimate of drug-likeness (QED) is 0.306. The van der Waals surface area contributed by atoms with Gasteiger partial charge in [0.1, 0.15) is 6.42 Å². The van der Waals surface area contributed by atoms with E-state index in [1.165, 1.54) is 16.1 Å². The third-order valence-electron chi connectivity index (χ3n) is 0.744. The van der Waals surface area contributed by atoms with Crippen LogP contribution in [-0.4, -0.2) is 28.0 Å². The van der Waals surface area contributed by atoms with E-state index in [9.17, 15) is 9.59 Å². The van der Waals surface area contributed by atoms with Crippen LogP contribution in [0.25, 0.3) is 0 Å². The summed E-state index contributed by atoms with van der Waals surface area (Å²) < 4.78 is 8.37. The second-order valence-electron chi connectivity index (χ2n) is 1.33. The molecule has 0 aliphatic carbocycles. The van der Waals surface area contributed by atoms with Crippen LogP contribution in [0.15, 0.2) is 0 Å². The first kappa shape index (κ1) is 8.07. The number of carbonyl (C=O) groups is 2. The van der Waals surface area contributed by atoms with Crippen molar-refractivity contribution in [1.29, 1.82) is 0 Å². The van der Waals surface area contributed by atoms with Gasteiger partial charge < -0.3 is 9.31 Å². The lowest BCUT2D eigenvalue weighted by atomic mass is 10.4. The molecule has 0 rings (SSSR count). The van der Waals surface area contributed by atoms with Crippen LogP contribution in [0.2, 0.25) is 0 Å². The molecule has 0 aromatic rings. The molecule has 4 nitrogen and oxygen atoms in total. The lowest BCUT2D eigenvalue weighted by molar-refractivity contribution is -0.143. The van der Waals surface area contributed by atoms with Gasteiger partial charge >= 0.3 is 16.1 Å². The number of carbonyl (C=O) groups excluding carboxylic acids is 2. The normalized spacial score (nSPS) is 8.00. The van der Waals surface area contributed by atoms with Crippen molar-refractivity contribution >= 4 is 28.0 Å². The zero-order valence-electron chi connectivity index (χ0n) is 5.34. The summed E-state index contributed by atoms with van der Waals surface area (Å²) in [6, 6.07) is 0. The van der Waals surface area contributed by atoms with Crippen LogP contribution < -0.4 is 0 Å². The highest BCUT2D eigenvalue weighted by Gasteiger charge is 2.06. The van der Waals surface area contributed by atoms with E-state index < -0.39 is 11.9 Å². The van der Waals surface area contributed by atoms with Gasteiger partial charge in [-0.2, -0.15) is 0 Å². The average molecular weight is 128 g/mol. The second kappa shape index (κ2) is 4.00. The van der Waals surface area contributed by atoms with Gasteiger partial charge in [0.25, 0.3) is 11.9 Å². The molecular weight excluding hydrogens is 122 g/mol. The smallest absolute Gasteiger partial charge is 0.325 e. The SMILES string of the molecule is BOC(=O)CC(=O)OB. The molecular formula is C3H6B2O4. The molecule has 0 saturated carbocycles. The molecule has 0 aromatic carbocycles. The van der Waals surface area contributed by atoms with Crippen LogP contribution in [0.4, 0.5) is 0 Å². The average Bonchev–Trinajstić information content (AvgIpc) is 1.87. The lowest BCUT2D eigenvalue weighted by Gasteiger charge is -1.96. The van der Waals surface area contributed by atoms with E-state index in [4.69, 9.17) is 0 Å². The maximum Gasteiger partial charge on any atom is 0.325 e. The van der Waals surface area contributed by atoms with E-state index in [0.29, 0.717) is 0 Å². The maximum absolute atomic E-state index is 10.3. The minimum atomic E-state index is -0.582. The van der Waals surface area contributed by atoms with Crippen molar-refractivity contribution in [2.45, 2.75) is 6.42 Å². The van der Waals surface area contributed by atoms with Crippen LogP contribution in [0.3, 0.4) is 0 Å². The predicted molar refractivity (Wildman–Crippen MR) is 33.9 cm³/mol. The summed E-state index contributed by atoms with van der Waals surface area (Å²) in [4.78, 5) is 20.5. The molecule has 0 unspecified atom stereocenters. The largest absolute Gasteiger partial charge is 0.543 e. The molecule has 0 aliphatic heterocycles. The minimum absolute atomic E-state index is 0.312. The fraction of sp³-hybridized carbons (Fsp3) is 0.333. The van der Waals surface area contributed by atoms with Gasteiger partial charge in [-0.15, -0.1) is 0 Å². The Bertz CT molecular complexity index is 109. The Morgan fingerprint density at radius 2 is 1.44 bits per heavy atom. The highest BCUT2D eigenvalue weighted by atomic mass is 16.5. The summed E-state index contributed by atoms with van der Waals surface area (Å²) in [6.45, 7) is 0. The molecule has 0 N–H and O–H groups in total. The Hall–Kier alpha value is -0.930. The Balaban J connectivity index is 3.47. The van der Waals surface area contributed by atoms with Crippen molar-refractivity contribution in [3.8, 4) is 0 Å². The molecule has 0 radical (unpaired) electrons. The fourth-order valence-electron chi connectivity index (χ4n) is 0.262. The Morgan fingerprint density at radius 1 is 1.11 bits per heavy atom. The van der Waals surface area contributed by atoms with Gasteiger partial charge in [-0.05, 0) is 0 Å². The van der Waals surface area contributed by atoms with Gasteiger partial charge in [-0.25, -0.2) is 0 Å². The first-order valence-electron chi connectivity index (χ1n) is 2.34. The van der Waals surface area contributed by atoms with E-state index in [0.717, 1.165) is 0 Å². The predicted octanol–water partition coefficient (Wildman–Crippen LogP) is -2.44. The number of hydrogen-bond donors (Lipinski definition) is 0. The molecule has 48 valence electrons. The summed E-state index contributed by atoms with van der Waals surface area (Å²) in [7, 11) is 2.43. The Labute approximate surface area is 54.4 Å². The Kier molecular flexibility index (Phi) is 3.59. The molecule has 0 fully saturated rings. The van der Waals surface area contributed by atoms with Crippen molar-refractivity contribution in [1.82, 2.24) is 0 Å². The van der Waals surface area contributed by atoms with Crippen molar-refractivity contribution in [3.05, 3.63) is 0 Å². The van der Waals surface area contributed by atoms with Crippen molar-refractivity contribution in [2.24, 2.45) is 0 Å². The minimum Gasteiger partial charge on any atom is -0.543 e. The molecule has 0 saturated heterocycles. The highest BCUT2D eigenvalue weighted by molar-refractivity contribution is 6.11. The van der Waals surface area contributed by atoms with Gasteiger partial charge in [-0.3, -0.25) is 9.59 Å². The zero-order chi connectivity index (χ0) is 7.28. The van der Waals surface area contributed by atoms with Gasteiger partial charge in [0.05, 0.1) is 0 Å². The lowest BCUT2D eigenvalue weighted by Crippen LogP contribution is -2.11. The monoisotopic (exact) mass is 128 g/mol. The van der Waals surface area contributed by atoms with Crippen LogP contribution >= 0.6 is 0 Å². The molecule has 0 aliphatic rings. The van der Waals surface area contributed by atoms with E-state index in [2.05, 4.69) is 9.31 Å². The first-order chi connectivity index (χ1) is 4.20. The zero-order valence-corrected chi connectivity index (χ0v) is 5.34. The van der Waals surface area contributed by atoms with E-state index in [-0.39, 0.29) is 6.42 Å².